The summed E-state index contributed by atoms with van der Waals surface area (Å²) < 4.78 is 0. The number of hydrogen-bond donors (Lipinski definition) is 3. The maximum absolute atomic E-state index is 9.17. The molecule has 0 fully saturated rings. The first-order chi connectivity index (χ1) is 8.49. The third-order valence-corrected chi connectivity index (χ3v) is 2.70. The van der Waals surface area contributed by atoms with Gasteiger partial charge in [-0.15, -0.1) is 0 Å². The van der Waals surface area contributed by atoms with Gasteiger partial charge in [-0.05, 0) is 37.7 Å². The van der Waals surface area contributed by atoms with Gasteiger partial charge in [-0.25, -0.2) is 4.99 Å². The summed E-state index contributed by atoms with van der Waals surface area (Å²) in [7, 11) is 0. The molecule has 0 saturated carbocycles. The van der Waals surface area contributed by atoms with Crippen molar-refractivity contribution in [3.8, 4) is 0 Å². The van der Waals surface area contributed by atoms with Crippen LogP contribution in [0.25, 0.3) is 0 Å². The third kappa shape index (κ3) is 5.18. The smallest absolute Gasteiger partial charge is 0.285 e. The molecule has 0 radical (unpaired) electrons. The summed E-state index contributed by atoms with van der Waals surface area (Å²) in [5.41, 5.74) is 13.4. The van der Waals surface area contributed by atoms with E-state index in [0.717, 1.165) is 42.5 Å². The van der Waals surface area contributed by atoms with Crippen molar-refractivity contribution in [3.05, 3.63) is 23.5 Å². The SMILES string of the molecule is CB(O)CCCCc1cnc(C)c(N=C(N)N)c1. The van der Waals surface area contributed by atoms with Crippen LogP contribution in [0.3, 0.4) is 0 Å². The van der Waals surface area contributed by atoms with E-state index in [9.17, 15) is 5.02 Å². The highest BCUT2D eigenvalue weighted by atomic mass is 16.2. The molecule has 0 aliphatic heterocycles. The van der Waals surface area contributed by atoms with Crippen LogP contribution in [-0.4, -0.2) is 22.9 Å². The summed E-state index contributed by atoms with van der Waals surface area (Å²) >= 11 is 0. The number of unbranched alkanes of at least 4 members (excludes halogenated alkanes) is 1. The van der Waals surface area contributed by atoms with Gasteiger partial charge in [0.2, 0.25) is 0 Å². The van der Waals surface area contributed by atoms with Crippen LogP contribution in [0.5, 0.6) is 0 Å². The lowest BCUT2D eigenvalue weighted by Crippen LogP contribution is -2.22. The van der Waals surface area contributed by atoms with Gasteiger partial charge in [-0.1, -0.05) is 13.2 Å². The van der Waals surface area contributed by atoms with Gasteiger partial charge in [0.1, 0.15) is 0 Å². The lowest BCUT2D eigenvalue weighted by molar-refractivity contribution is 0.569. The van der Waals surface area contributed by atoms with E-state index in [1.54, 1.807) is 0 Å². The number of rotatable bonds is 6. The Balaban J connectivity index is 2.59. The number of guanidine groups is 1. The van der Waals surface area contributed by atoms with Crippen molar-refractivity contribution in [1.29, 1.82) is 0 Å². The predicted molar refractivity (Wildman–Crippen MR) is 76.0 cm³/mol. The zero-order chi connectivity index (χ0) is 13.5. The van der Waals surface area contributed by atoms with Crippen molar-refractivity contribution >= 4 is 18.6 Å². The fourth-order valence-electron chi connectivity index (χ4n) is 1.72. The third-order valence-electron chi connectivity index (χ3n) is 2.70. The standard InChI is InChI=1S/C12H21BN4O/c1-9-11(17-12(14)15)7-10(8-16-9)5-3-4-6-13(2)18/h7-8,18H,3-6H2,1-2H3,(H4,14,15,17). The maximum atomic E-state index is 9.17. The van der Waals surface area contributed by atoms with Gasteiger partial charge in [-0.3, -0.25) is 4.98 Å². The largest absolute Gasteiger partial charge is 0.451 e. The van der Waals surface area contributed by atoms with Crippen LogP contribution in [0, 0.1) is 6.92 Å². The second-order valence-corrected chi connectivity index (χ2v) is 4.58. The van der Waals surface area contributed by atoms with Crippen LogP contribution in [0.15, 0.2) is 17.3 Å². The summed E-state index contributed by atoms with van der Waals surface area (Å²) in [6.45, 7) is 3.46. The molecule has 0 aliphatic rings. The van der Waals surface area contributed by atoms with Gasteiger partial charge >= 0.3 is 0 Å². The summed E-state index contributed by atoms with van der Waals surface area (Å²) in [6, 6.07) is 1.96. The quantitative estimate of drug-likeness (QED) is 0.305. The summed E-state index contributed by atoms with van der Waals surface area (Å²) in [5, 5.41) is 9.17. The molecule has 0 aromatic carbocycles. The molecule has 1 aromatic heterocycles. The number of pyridine rings is 1. The van der Waals surface area contributed by atoms with E-state index in [1.165, 1.54) is 0 Å². The van der Waals surface area contributed by atoms with Gasteiger partial charge in [0.25, 0.3) is 6.92 Å². The Labute approximate surface area is 108 Å². The molecule has 0 spiro atoms. The lowest BCUT2D eigenvalue weighted by Gasteiger charge is -2.05. The van der Waals surface area contributed by atoms with Gasteiger partial charge < -0.3 is 16.5 Å². The second kappa shape index (κ2) is 7.01. The fraction of sp³-hybridized carbons (Fsp3) is 0.500. The van der Waals surface area contributed by atoms with E-state index >= 15 is 0 Å². The first kappa shape index (κ1) is 14.5. The monoisotopic (exact) mass is 248 g/mol. The molecule has 1 aromatic rings. The predicted octanol–water partition coefficient (Wildman–Crippen LogP) is 1.23. The zero-order valence-corrected chi connectivity index (χ0v) is 11.1. The summed E-state index contributed by atoms with van der Waals surface area (Å²) in [5.74, 6) is 0.0474. The number of aliphatic imine (C=N–C) groups is 1. The molecule has 98 valence electrons. The number of nitrogens with two attached hydrogens (primary N) is 2. The summed E-state index contributed by atoms with van der Waals surface area (Å²) in [4.78, 5) is 8.32. The minimum absolute atomic E-state index is 0.0474. The van der Waals surface area contributed by atoms with E-state index < -0.39 is 0 Å². The van der Waals surface area contributed by atoms with Crippen molar-refractivity contribution < 1.29 is 5.02 Å². The Morgan fingerprint density at radius 2 is 2.17 bits per heavy atom. The molecule has 0 saturated heterocycles. The Hall–Kier alpha value is -1.56. The van der Waals surface area contributed by atoms with E-state index in [4.69, 9.17) is 11.5 Å². The highest BCUT2D eigenvalue weighted by molar-refractivity contribution is 6.48. The van der Waals surface area contributed by atoms with Crippen LogP contribution in [0.1, 0.15) is 24.1 Å². The van der Waals surface area contributed by atoms with Crippen LogP contribution >= 0.6 is 0 Å². The van der Waals surface area contributed by atoms with Gasteiger partial charge in [0, 0.05) is 6.20 Å². The first-order valence-electron chi connectivity index (χ1n) is 6.22. The number of hydrogen-bond acceptors (Lipinski definition) is 3. The van der Waals surface area contributed by atoms with Crippen molar-refractivity contribution in [3.63, 3.8) is 0 Å². The molecule has 1 rings (SSSR count). The Bertz CT molecular complexity index is 417. The highest BCUT2D eigenvalue weighted by Gasteiger charge is 2.04. The molecule has 0 aliphatic carbocycles. The van der Waals surface area contributed by atoms with Crippen molar-refractivity contribution in [1.82, 2.24) is 4.98 Å². The molecule has 18 heavy (non-hydrogen) atoms. The molecular weight excluding hydrogens is 227 g/mol. The van der Waals surface area contributed by atoms with Gasteiger partial charge in [-0.2, -0.15) is 0 Å². The number of nitrogens with zero attached hydrogens (tertiary/aromatic N) is 2. The van der Waals surface area contributed by atoms with E-state index in [0.29, 0.717) is 0 Å². The topological polar surface area (TPSA) is 97.5 Å². The Morgan fingerprint density at radius 3 is 2.78 bits per heavy atom. The van der Waals surface area contributed by atoms with Crippen LogP contribution < -0.4 is 11.5 Å². The molecule has 0 atom stereocenters. The van der Waals surface area contributed by atoms with Crippen molar-refractivity contribution in [2.45, 2.75) is 39.3 Å². The van der Waals surface area contributed by atoms with Crippen LogP contribution in [-0.2, 0) is 6.42 Å². The molecule has 5 N–H and O–H groups in total. The Kier molecular flexibility index (Phi) is 5.65. The van der Waals surface area contributed by atoms with Crippen molar-refractivity contribution in [2.24, 2.45) is 16.5 Å². The van der Waals surface area contributed by atoms with Crippen LogP contribution in [0.2, 0.25) is 13.1 Å². The Morgan fingerprint density at radius 1 is 1.44 bits per heavy atom. The average Bonchev–Trinajstić information content (AvgIpc) is 2.27. The molecule has 0 amide bonds. The molecular formula is C12H21BN4O. The highest BCUT2D eigenvalue weighted by Crippen LogP contribution is 2.19. The second-order valence-electron chi connectivity index (χ2n) is 4.58. The molecule has 6 heteroatoms. The average molecular weight is 248 g/mol. The van der Waals surface area contributed by atoms with E-state index in [1.807, 2.05) is 26.0 Å². The number of aromatic nitrogens is 1. The zero-order valence-electron chi connectivity index (χ0n) is 11.1. The van der Waals surface area contributed by atoms with Gasteiger partial charge in [0.05, 0.1) is 11.4 Å². The minimum atomic E-state index is -0.224. The summed E-state index contributed by atoms with van der Waals surface area (Å²) in [6.07, 6.45) is 5.64. The van der Waals surface area contributed by atoms with Crippen molar-refractivity contribution in [2.75, 3.05) is 0 Å². The first-order valence-corrected chi connectivity index (χ1v) is 6.22. The van der Waals surface area contributed by atoms with E-state index in [2.05, 4.69) is 9.98 Å². The normalized spacial score (nSPS) is 10.2. The molecule has 1 heterocycles. The molecule has 0 unspecified atom stereocenters. The van der Waals surface area contributed by atoms with Crippen LogP contribution in [0.4, 0.5) is 5.69 Å². The number of aryl methyl sites for hydroxylation is 2. The lowest BCUT2D eigenvalue weighted by atomic mass is 9.67. The fourth-order valence-corrected chi connectivity index (χ4v) is 1.72. The maximum Gasteiger partial charge on any atom is 0.285 e. The van der Waals surface area contributed by atoms with E-state index in [-0.39, 0.29) is 12.9 Å². The molecule has 5 nitrogen and oxygen atoms in total. The molecule has 0 bridgehead atoms. The minimum Gasteiger partial charge on any atom is -0.451 e. The van der Waals surface area contributed by atoms with Gasteiger partial charge in [0.15, 0.2) is 5.96 Å².